The molecular weight excluding hydrogens is 178 g/mol. The van der Waals surface area contributed by atoms with Gasteiger partial charge in [-0.1, -0.05) is 13.8 Å². The molecule has 0 saturated carbocycles. The van der Waals surface area contributed by atoms with Crippen LogP contribution in [0.3, 0.4) is 0 Å². The first kappa shape index (κ1) is 11.5. The van der Waals surface area contributed by atoms with Gasteiger partial charge in [0.25, 0.3) is 0 Å². The Kier molecular flexibility index (Phi) is 3.53. The van der Waals surface area contributed by atoms with Gasteiger partial charge in [-0.2, -0.15) is 0 Å². The first-order valence-electron chi connectivity index (χ1n) is 5.32. The minimum Gasteiger partial charge on any atom is -0.469 e. The van der Waals surface area contributed by atoms with Gasteiger partial charge in [-0.25, -0.2) is 0 Å². The van der Waals surface area contributed by atoms with Gasteiger partial charge in [0.2, 0.25) is 0 Å². The van der Waals surface area contributed by atoms with Crippen molar-refractivity contribution >= 4 is 5.97 Å². The normalized spacial score (nSPS) is 32.2. The van der Waals surface area contributed by atoms with E-state index < -0.39 is 0 Å². The molecule has 1 heterocycles. The molecule has 0 aromatic heterocycles. The number of methoxy groups -OCH3 is 1. The summed E-state index contributed by atoms with van der Waals surface area (Å²) in [6.07, 6.45) is 1.61. The summed E-state index contributed by atoms with van der Waals surface area (Å²) in [5, 5.41) is 3.50. The van der Waals surface area contributed by atoms with Crippen LogP contribution in [-0.4, -0.2) is 25.2 Å². The van der Waals surface area contributed by atoms with Gasteiger partial charge in [0.1, 0.15) is 0 Å². The predicted octanol–water partition coefficient (Wildman–Crippen LogP) is 1.57. The first-order chi connectivity index (χ1) is 6.50. The van der Waals surface area contributed by atoms with Crippen molar-refractivity contribution in [3.05, 3.63) is 0 Å². The van der Waals surface area contributed by atoms with E-state index in [0.29, 0.717) is 18.3 Å². The van der Waals surface area contributed by atoms with Crippen molar-refractivity contribution < 1.29 is 9.53 Å². The highest BCUT2D eigenvalue weighted by atomic mass is 16.5. The number of hydrogen-bond acceptors (Lipinski definition) is 3. The molecule has 0 aromatic carbocycles. The molecule has 3 heteroatoms. The molecule has 2 unspecified atom stereocenters. The summed E-state index contributed by atoms with van der Waals surface area (Å²) in [6.45, 7) is 7.61. The van der Waals surface area contributed by atoms with Crippen molar-refractivity contribution in [1.82, 2.24) is 5.32 Å². The number of nitrogens with one attached hydrogen (secondary N) is 1. The Bertz CT molecular complexity index is 215. The molecule has 0 aromatic rings. The average Bonchev–Trinajstić information content (AvgIpc) is 2.49. The van der Waals surface area contributed by atoms with Gasteiger partial charge in [-0.15, -0.1) is 0 Å². The lowest BCUT2D eigenvalue weighted by Crippen LogP contribution is -2.47. The van der Waals surface area contributed by atoms with Crippen LogP contribution in [0.2, 0.25) is 0 Å². The number of carbonyl (C=O) groups excluding carboxylic acids is 1. The lowest BCUT2D eigenvalue weighted by molar-refractivity contribution is -0.142. The van der Waals surface area contributed by atoms with Crippen LogP contribution in [0.1, 0.15) is 33.6 Å². The summed E-state index contributed by atoms with van der Waals surface area (Å²) in [6, 6.07) is 0. The first-order valence-corrected chi connectivity index (χ1v) is 5.32. The maximum Gasteiger partial charge on any atom is 0.305 e. The summed E-state index contributed by atoms with van der Waals surface area (Å²) in [5.74, 6) is 0.861. The van der Waals surface area contributed by atoms with E-state index in [1.165, 1.54) is 7.11 Å². The van der Waals surface area contributed by atoms with Gasteiger partial charge < -0.3 is 10.1 Å². The average molecular weight is 199 g/mol. The lowest BCUT2D eigenvalue weighted by atomic mass is 9.77. The Hall–Kier alpha value is -0.570. The maximum atomic E-state index is 11.2. The Morgan fingerprint density at radius 1 is 1.64 bits per heavy atom. The van der Waals surface area contributed by atoms with Crippen LogP contribution in [0.5, 0.6) is 0 Å². The topological polar surface area (TPSA) is 38.3 Å². The highest BCUT2D eigenvalue weighted by molar-refractivity contribution is 5.69. The van der Waals surface area contributed by atoms with Gasteiger partial charge in [0.05, 0.1) is 13.5 Å². The molecule has 14 heavy (non-hydrogen) atoms. The largest absolute Gasteiger partial charge is 0.469 e. The second-order valence-corrected chi connectivity index (χ2v) is 4.63. The fourth-order valence-electron chi connectivity index (χ4n) is 2.23. The van der Waals surface area contributed by atoms with Crippen molar-refractivity contribution in [2.45, 2.75) is 39.2 Å². The van der Waals surface area contributed by atoms with Gasteiger partial charge >= 0.3 is 5.97 Å². The zero-order valence-electron chi connectivity index (χ0n) is 9.59. The van der Waals surface area contributed by atoms with E-state index in [4.69, 9.17) is 4.74 Å². The van der Waals surface area contributed by atoms with Gasteiger partial charge in [-0.05, 0) is 31.7 Å². The van der Waals surface area contributed by atoms with Crippen molar-refractivity contribution in [3.8, 4) is 0 Å². The van der Waals surface area contributed by atoms with Gasteiger partial charge in [0.15, 0.2) is 0 Å². The van der Waals surface area contributed by atoms with Gasteiger partial charge in [0, 0.05) is 5.54 Å². The van der Waals surface area contributed by atoms with E-state index in [9.17, 15) is 4.79 Å². The molecule has 0 radical (unpaired) electrons. The van der Waals surface area contributed by atoms with Crippen LogP contribution in [0.25, 0.3) is 0 Å². The van der Waals surface area contributed by atoms with Crippen molar-refractivity contribution in [2.24, 2.45) is 11.8 Å². The van der Waals surface area contributed by atoms with Crippen molar-refractivity contribution in [3.63, 3.8) is 0 Å². The Morgan fingerprint density at radius 2 is 2.29 bits per heavy atom. The summed E-state index contributed by atoms with van der Waals surface area (Å²) in [4.78, 5) is 11.2. The van der Waals surface area contributed by atoms with Gasteiger partial charge in [-0.3, -0.25) is 4.79 Å². The highest BCUT2D eigenvalue weighted by Gasteiger charge is 2.41. The van der Waals surface area contributed by atoms with Crippen LogP contribution in [0.4, 0.5) is 0 Å². The summed E-state index contributed by atoms with van der Waals surface area (Å²) in [7, 11) is 1.46. The quantitative estimate of drug-likeness (QED) is 0.701. The molecule has 1 aliphatic rings. The number of carbonyl (C=O) groups is 1. The smallest absolute Gasteiger partial charge is 0.305 e. The van der Waals surface area contributed by atoms with Crippen LogP contribution >= 0.6 is 0 Å². The zero-order valence-corrected chi connectivity index (χ0v) is 9.59. The molecule has 0 bridgehead atoms. The fourth-order valence-corrected chi connectivity index (χ4v) is 2.23. The van der Waals surface area contributed by atoms with E-state index in [0.717, 1.165) is 13.0 Å². The SMILES string of the molecule is COC(=O)CC1CCNC1(C)C(C)C. The summed E-state index contributed by atoms with van der Waals surface area (Å²) >= 11 is 0. The summed E-state index contributed by atoms with van der Waals surface area (Å²) in [5.41, 5.74) is 0.0915. The van der Waals surface area contributed by atoms with Crippen LogP contribution in [0.15, 0.2) is 0 Å². The summed E-state index contributed by atoms with van der Waals surface area (Å²) < 4.78 is 4.72. The Balaban J connectivity index is 2.64. The molecule has 1 N–H and O–H groups in total. The minimum atomic E-state index is -0.0921. The zero-order chi connectivity index (χ0) is 10.8. The molecule has 0 aliphatic carbocycles. The van der Waals surface area contributed by atoms with E-state index in [-0.39, 0.29) is 11.5 Å². The number of hydrogen-bond donors (Lipinski definition) is 1. The minimum absolute atomic E-state index is 0.0915. The number of rotatable bonds is 3. The van der Waals surface area contributed by atoms with E-state index >= 15 is 0 Å². The standard InChI is InChI=1S/C11H21NO2/c1-8(2)11(3)9(5-6-12-11)7-10(13)14-4/h8-9,12H,5-7H2,1-4H3. The third kappa shape index (κ3) is 2.08. The molecule has 0 amide bonds. The lowest BCUT2D eigenvalue weighted by Gasteiger charge is -2.35. The molecule has 82 valence electrons. The van der Waals surface area contributed by atoms with Crippen molar-refractivity contribution in [1.29, 1.82) is 0 Å². The number of ether oxygens (including phenoxy) is 1. The molecule has 1 saturated heterocycles. The third-order valence-electron chi connectivity index (χ3n) is 3.69. The third-order valence-corrected chi connectivity index (χ3v) is 3.69. The van der Waals surface area contributed by atoms with Crippen LogP contribution in [0, 0.1) is 11.8 Å². The Morgan fingerprint density at radius 3 is 2.79 bits per heavy atom. The molecule has 3 nitrogen and oxygen atoms in total. The maximum absolute atomic E-state index is 11.2. The van der Waals surface area contributed by atoms with E-state index in [1.807, 2.05) is 0 Å². The Labute approximate surface area is 86.2 Å². The van der Waals surface area contributed by atoms with E-state index in [1.54, 1.807) is 0 Å². The highest BCUT2D eigenvalue weighted by Crippen LogP contribution is 2.35. The second-order valence-electron chi connectivity index (χ2n) is 4.63. The second kappa shape index (κ2) is 4.30. The number of esters is 1. The molecule has 1 aliphatic heterocycles. The monoisotopic (exact) mass is 199 g/mol. The molecular formula is C11H21NO2. The molecule has 1 fully saturated rings. The molecule has 2 atom stereocenters. The molecule has 0 spiro atoms. The van der Waals surface area contributed by atoms with Crippen LogP contribution < -0.4 is 5.32 Å². The van der Waals surface area contributed by atoms with Crippen LogP contribution in [-0.2, 0) is 9.53 Å². The van der Waals surface area contributed by atoms with Crippen molar-refractivity contribution in [2.75, 3.05) is 13.7 Å². The predicted molar refractivity (Wildman–Crippen MR) is 56.0 cm³/mol. The fraction of sp³-hybridized carbons (Fsp3) is 0.909. The van der Waals surface area contributed by atoms with E-state index in [2.05, 4.69) is 26.1 Å². The molecule has 1 rings (SSSR count).